The van der Waals surface area contributed by atoms with Gasteiger partial charge in [0.25, 0.3) is 0 Å². The van der Waals surface area contributed by atoms with Gasteiger partial charge in [0, 0.05) is 0 Å². The first-order valence-electron chi connectivity index (χ1n) is 5.12. The Balaban J connectivity index is 1.90. The molecule has 0 aromatic heterocycles. The predicted molar refractivity (Wildman–Crippen MR) is 49.7 cm³/mol. The minimum atomic E-state index is 0.450. The second-order valence-electron chi connectivity index (χ2n) is 4.13. The van der Waals surface area contributed by atoms with Crippen LogP contribution < -0.4 is 21.2 Å². The van der Waals surface area contributed by atoms with E-state index in [-0.39, 0.29) is 0 Å². The molecule has 0 unspecified atom stereocenters. The van der Waals surface area contributed by atoms with E-state index in [1.807, 2.05) is 0 Å². The molecule has 2 fully saturated rings. The van der Waals surface area contributed by atoms with Gasteiger partial charge >= 0.3 is 91.3 Å². The van der Waals surface area contributed by atoms with Crippen LogP contribution in [0.15, 0.2) is 0 Å². The molecular formula is C10H19INO-. The number of halogens is 1. The number of rotatable bonds is 2. The van der Waals surface area contributed by atoms with Crippen LogP contribution in [0.5, 0.6) is 0 Å². The maximum atomic E-state index is 5.27. The molecule has 2 heterocycles. The molecule has 0 aromatic rings. The van der Waals surface area contributed by atoms with Gasteiger partial charge < -0.3 is 0 Å². The van der Waals surface area contributed by atoms with Gasteiger partial charge in [0.1, 0.15) is 0 Å². The third-order valence-electron chi connectivity index (χ3n) is 3.27. The molecular weight excluding hydrogens is 277 g/mol. The molecule has 78 valence electrons. The van der Waals surface area contributed by atoms with Crippen LogP contribution in [0.3, 0.4) is 0 Å². The molecule has 0 aromatic carbocycles. The van der Waals surface area contributed by atoms with Crippen LogP contribution in [0.2, 0.25) is 0 Å². The SMILES string of the molecule is C[I-][C@H]1CC[C@@H](C)N(C2COC2)C1. The molecule has 0 amide bonds. The number of alkyl halides is 2. The van der Waals surface area contributed by atoms with Crippen LogP contribution in [-0.4, -0.2) is 45.6 Å². The van der Waals surface area contributed by atoms with E-state index in [1.165, 1.54) is 19.4 Å². The summed E-state index contributed by atoms with van der Waals surface area (Å²) in [7, 11) is 0. The van der Waals surface area contributed by atoms with Crippen molar-refractivity contribution in [1.82, 2.24) is 4.90 Å². The molecule has 0 N–H and O–H groups in total. The second-order valence-corrected chi connectivity index (χ2v) is 7.14. The van der Waals surface area contributed by atoms with E-state index >= 15 is 0 Å². The maximum absolute atomic E-state index is 5.27. The number of likely N-dealkylation sites (tertiary alicyclic amines) is 1. The number of ether oxygens (including phenoxy) is 1. The van der Waals surface area contributed by atoms with Gasteiger partial charge in [-0.1, -0.05) is 0 Å². The van der Waals surface area contributed by atoms with E-state index in [1.54, 1.807) is 0 Å². The van der Waals surface area contributed by atoms with Crippen molar-refractivity contribution in [3.05, 3.63) is 0 Å². The van der Waals surface area contributed by atoms with Gasteiger partial charge in [-0.15, -0.1) is 0 Å². The Bertz CT molecular complexity index is 170. The zero-order chi connectivity index (χ0) is 9.26. The zero-order valence-corrected chi connectivity index (χ0v) is 10.7. The average Bonchev–Trinajstić information content (AvgIpc) is 2.06. The van der Waals surface area contributed by atoms with Crippen LogP contribution in [0, 0.1) is 0 Å². The van der Waals surface area contributed by atoms with Crippen molar-refractivity contribution in [3.63, 3.8) is 0 Å². The summed E-state index contributed by atoms with van der Waals surface area (Å²) in [6, 6.07) is 1.56. The summed E-state index contributed by atoms with van der Waals surface area (Å²) in [5.74, 6) is 0. The molecule has 0 bridgehead atoms. The van der Waals surface area contributed by atoms with Gasteiger partial charge in [-0.05, 0) is 0 Å². The minimum absolute atomic E-state index is 0.450. The van der Waals surface area contributed by atoms with Crippen molar-refractivity contribution >= 4 is 0 Å². The van der Waals surface area contributed by atoms with E-state index in [2.05, 4.69) is 16.8 Å². The van der Waals surface area contributed by atoms with Crippen LogP contribution >= 0.6 is 0 Å². The molecule has 0 saturated carbocycles. The Hall–Kier alpha value is 0.650. The van der Waals surface area contributed by atoms with Crippen molar-refractivity contribution in [2.24, 2.45) is 0 Å². The molecule has 2 aliphatic heterocycles. The zero-order valence-electron chi connectivity index (χ0n) is 8.50. The average molecular weight is 296 g/mol. The summed E-state index contributed by atoms with van der Waals surface area (Å²) in [6.07, 6.45) is 2.89. The summed E-state index contributed by atoms with van der Waals surface area (Å²) in [5.41, 5.74) is 0. The van der Waals surface area contributed by atoms with Crippen molar-refractivity contribution in [2.45, 2.75) is 35.8 Å². The Morgan fingerprint density at radius 1 is 1.31 bits per heavy atom. The van der Waals surface area contributed by atoms with Gasteiger partial charge in [0.15, 0.2) is 0 Å². The Labute approximate surface area is 91.3 Å². The Kier molecular flexibility index (Phi) is 3.48. The van der Waals surface area contributed by atoms with Crippen molar-refractivity contribution in [2.75, 3.05) is 24.7 Å². The molecule has 0 radical (unpaired) electrons. The van der Waals surface area contributed by atoms with E-state index in [0.29, 0.717) is 21.2 Å². The number of hydrogen-bond donors (Lipinski definition) is 0. The summed E-state index contributed by atoms with van der Waals surface area (Å²) in [4.78, 5) is 5.12. The Morgan fingerprint density at radius 3 is 2.62 bits per heavy atom. The molecule has 2 rings (SSSR count). The quantitative estimate of drug-likeness (QED) is 0.430. The third kappa shape index (κ3) is 2.18. The first kappa shape index (κ1) is 10.2. The predicted octanol–water partition coefficient (Wildman–Crippen LogP) is -2.04. The first-order chi connectivity index (χ1) is 6.31. The second kappa shape index (κ2) is 4.45. The van der Waals surface area contributed by atoms with Crippen LogP contribution in [0.1, 0.15) is 19.8 Å². The number of nitrogens with zero attached hydrogens (tertiary/aromatic N) is 1. The van der Waals surface area contributed by atoms with Gasteiger partial charge in [0.2, 0.25) is 0 Å². The van der Waals surface area contributed by atoms with E-state index in [4.69, 9.17) is 4.74 Å². The number of hydrogen-bond acceptors (Lipinski definition) is 2. The van der Waals surface area contributed by atoms with Crippen molar-refractivity contribution < 1.29 is 25.9 Å². The number of piperidine rings is 1. The first-order valence-corrected chi connectivity index (χ1v) is 8.53. The summed E-state index contributed by atoms with van der Waals surface area (Å²) in [5, 5.41) is 0. The molecule has 2 saturated heterocycles. The van der Waals surface area contributed by atoms with Crippen molar-refractivity contribution in [1.29, 1.82) is 0 Å². The van der Waals surface area contributed by atoms with E-state index in [0.717, 1.165) is 29.2 Å². The molecule has 2 aliphatic rings. The van der Waals surface area contributed by atoms with Gasteiger partial charge in [-0.3, -0.25) is 0 Å². The monoisotopic (exact) mass is 296 g/mol. The van der Waals surface area contributed by atoms with Crippen molar-refractivity contribution in [3.8, 4) is 0 Å². The van der Waals surface area contributed by atoms with Crippen LogP contribution in [0.25, 0.3) is 0 Å². The van der Waals surface area contributed by atoms with Gasteiger partial charge in [0.05, 0.1) is 0 Å². The summed E-state index contributed by atoms with van der Waals surface area (Å²) in [6.45, 7) is 5.71. The normalized spacial score (nSPS) is 37.7. The van der Waals surface area contributed by atoms with Crippen LogP contribution in [-0.2, 0) is 4.74 Å². The molecule has 3 heteroatoms. The molecule has 13 heavy (non-hydrogen) atoms. The standard InChI is InChI=1S/C10H19INO/c1-8-3-4-9(11-2)5-12(8)10-6-13-7-10/h8-10H,3-7H2,1-2H3/q-1/t8-,9+/m1/s1. The molecule has 0 aliphatic carbocycles. The van der Waals surface area contributed by atoms with Crippen LogP contribution in [0.4, 0.5) is 0 Å². The summed E-state index contributed by atoms with van der Waals surface area (Å²) < 4.78 is 6.32. The van der Waals surface area contributed by atoms with Gasteiger partial charge in [-0.2, -0.15) is 0 Å². The molecule has 0 spiro atoms. The summed E-state index contributed by atoms with van der Waals surface area (Å²) >= 11 is 0.450. The molecule has 2 nitrogen and oxygen atoms in total. The van der Waals surface area contributed by atoms with Gasteiger partial charge in [-0.25, -0.2) is 0 Å². The Morgan fingerprint density at radius 2 is 2.08 bits per heavy atom. The van der Waals surface area contributed by atoms with E-state index in [9.17, 15) is 0 Å². The van der Waals surface area contributed by atoms with E-state index < -0.39 is 0 Å². The molecule has 2 atom stereocenters. The fourth-order valence-electron chi connectivity index (χ4n) is 2.19. The topological polar surface area (TPSA) is 12.5 Å². The fourth-order valence-corrected chi connectivity index (χ4v) is 4.02. The third-order valence-corrected chi connectivity index (χ3v) is 6.05. The fraction of sp³-hybridized carbons (Fsp3) is 1.00.